The molecule has 0 aliphatic carbocycles. The average Bonchev–Trinajstić information content (AvgIpc) is 2.62. The Morgan fingerprint density at radius 2 is 1.58 bits per heavy atom. The molecule has 0 heterocycles. The van der Waals surface area contributed by atoms with Crippen molar-refractivity contribution < 1.29 is 14.4 Å². The molecule has 0 bridgehead atoms. The molecule has 0 aliphatic heterocycles. The molecular formula is C20H23N3O3. The number of amides is 3. The van der Waals surface area contributed by atoms with Crippen molar-refractivity contribution in [2.45, 2.75) is 33.2 Å². The summed E-state index contributed by atoms with van der Waals surface area (Å²) in [6.07, 6.45) is 0.820. The van der Waals surface area contributed by atoms with Crippen LogP contribution in [-0.2, 0) is 4.79 Å². The standard InChI is InChI=1S/C20H23N3O3/c1-4-13(2)21-20(26)17-7-5-6-8-18(17)23-19(25)15-9-11-16(12-10-15)22-14(3)24/h5-13H,4H2,1-3H3,(H,21,26)(H,22,24)(H,23,25). The molecule has 2 rings (SSSR count). The Bertz CT molecular complexity index is 800. The Kier molecular flexibility index (Phi) is 6.49. The summed E-state index contributed by atoms with van der Waals surface area (Å²) in [5.74, 6) is -0.733. The topological polar surface area (TPSA) is 87.3 Å². The summed E-state index contributed by atoms with van der Waals surface area (Å²) < 4.78 is 0. The highest BCUT2D eigenvalue weighted by atomic mass is 16.2. The van der Waals surface area contributed by atoms with Gasteiger partial charge in [-0.05, 0) is 49.7 Å². The average molecular weight is 353 g/mol. The maximum Gasteiger partial charge on any atom is 0.255 e. The molecule has 3 amide bonds. The van der Waals surface area contributed by atoms with Gasteiger partial charge in [-0.2, -0.15) is 0 Å². The van der Waals surface area contributed by atoms with Crippen LogP contribution in [0.4, 0.5) is 11.4 Å². The molecule has 26 heavy (non-hydrogen) atoms. The molecule has 6 heteroatoms. The Hall–Kier alpha value is -3.15. The Morgan fingerprint density at radius 3 is 2.19 bits per heavy atom. The first-order chi connectivity index (χ1) is 12.4. The van der Waals surface area contributed by atoms with Crippen LogP contribution >= 0.6 is 0 Å². The van der Waals surface area contributed by atoms with Gasteiger partial charge in [0.15, 0.2) is 0 Å². The van der Waals surface area contributed by atoms with Gasteiger partial charge in [-0.25, -0.2) is 0 Å². The van der Waals surface area contributed by atoms with Gasteiger partial charge in [-0.1, -0.05) is 19.1 Å². The van der Waals surface area contributed by atoms with Crippen molar-refractivity contribution in [2.24, 2.45) is 0 Å². The van der Waals surface area contributed by atoms with Crippen LogP contribution in [0.3, 0.4) is 0 Å². The minimum atomic E-state index is -0.330. The van der Waals surface area contributed by atoms with Crippen molar-refractivity contribution in [3.8, 4) is 0 Å². The van der Waals surface area contributed by atoms with Gasteiger partial charge < -0.3 is 16.0 Å². The fraction of sp³-hybridized carbons (Fsp3) is 0.250. The lowest BCUT2D eigenvalue weighted by molar-refractivity contribution is -0.114. The number of rotatable bonds is 6. The van der Waals surface area contributed by atoms with Crippen LogP contribution in [0.5, 0.6) is 0 Å². The van der Waals surface area contributed by atoms with Crippen molar-refractivity contribution in [1.82, 2.24) is 5.32 Å². The maximum atomic E-state index is 12.5. The molecule has 1 unspecified atom stereocenters. The zero-order chi connectivity index (χ0) is 19.1. The zero-order valence-electron chi connectivity index (χ0n) is 15.1. The first-order valence-corrected chi connectivity index (χ1v) is 8.49. The van der Waals surface area contributed by atoms with Crippen molar-refractivity contribution in [1.29, 1.82) is 0 Å². The second-order valence-corrected chi connectivity index (χ2v) is 6.04. The molecule has 0 radical (unpaired) electrons. The number of nitrogens with one attached hydrogen (secondary N) is 3. The van der Waals surface area contributed by atoms with Crippen LogP contribution in [-0.4, -0.2) is 23.8 Å². The van der Waals surface area contributed by atoms with Crippen LogP contribution < -0.4 is 16.0 Å². The lowest BCUT2D eigenvalue weighted by Gasteiger charge is -2.14. The van der Waals surface area contributed by atoms with Gasteiger partial charge in [0, 0.05) is 24.2 Å². The van der Waals surface area contributed by atoms with Gasteiger partial charge in [-0.15, -0.1) is 0 Å². The van der Waals surface area contributed by atoms with E-state index in [-0.39, 0.29) is 23.8 Å². The first kappa shape index (κ1) is 19.2. The van der Waals surface area contributed by atoms with Gasteiger partial charge in [0.25, 0.3) is 11.8 Å². The van der Waals surface area contributed by atoms with Gasteiger partial charge in [0.05, 0.1) is 11.3 Å². The molecular weight excluding hydrogens is 330 g/mol. The molecule has 0 saturated heterocycles. The van der Waals surface area contributed by atoms with Crippen molar-refractivity contribution >= 4 is 29.1 Å². The highest BCUT2D eigenvalue weighted by Crippen LogP contribution is 2.17. The van der Waals surface area contributed by atoms with E-state index in [2.05, 4.69) is 16.0 Å². The number of carbonyl (C=O) groups excluding carboxylic acids is 3. The highest BCUT2D eigenvalue weighted by molar-refractivity contribution is 6.09. The number of hydrogen-bond acceptors (Lipinski definition) is 3. The lowest BCUT2D eigenvalue weighted by Crippen LogP contribution is -2.32. The maximum absolute atomic E-state index is 12.5. The van der Waals surface area contributed by atoms with Gasteiger partial charge in [-0.3, -0.25) is 14.4 Å². The van der Waals surface area contributed by atoms with E-state index in [1.165, 1.54) is 6.92 Å². The molecule has 1 atom stereocenters. The number of hydrogen-bond donors (Lipinski definition) is 3. The van der Waals surface area contributed by atoms with E-state index >= 15 is 0 Å². The van der Waals surface area contributed by atoms with Gasteiger partial charge in [0.1, 0.15) is 0 Å². The minimum Gasteiger partial charge on any atom is -0.350 e. The van der Waals surface area contributed by atoms with Crippen LogP contribution in [0, 0.1) is 0 Å². The van der Waals surface area contributed by atoms with Crippen LogP contribution in [0.1, 0.15) is 47.9 Å². The molecule has 136 valence electrons. The Morgan fingerprint density at radius 1 is 0.923 bits per heavy atom. The quantitative estimate of drug-likeness (QED) is 0.743. The largest absolute Gasteiger partial charge is 0.350 e. The van der Waals surface area contributed by atoms with Crippen molar-refractivity contribution in [3.63, 3.8) is 0 Å². The summed E-state index contributed by atoms with van der Waals surface area (Å²) in [5.41, 5.74) is 1.90. The molecule has 0 spiro atoms. The third-order valence-corrected chi connectivity index (χ3v) is 3.88. The molecule has 0 fully saturated rings. The SMILES string of the molecule is CCC(C)NC(=O)c1ccccc1NC(=O)c1ccc(NC(C)=O)cc1. The predicted molar refractivity (Wildman–Crippen MR) is 102 cm³/mol. The summed E-state index contributed by atoms with van der Waals surface area (Å²) in [6, 6.07) is 13.5. The fourth-order valence-corrected chi connectivity index (χ4v) is 2.30. The summed E-state index contributed by atoms with van der Waals surface area (Å²) in [7, 11) is 0. The molecule has 0 aromatic heterocycles. The van der Waals surface area contributed by atoms with Crippen LogP contribution in [0.2, 0.25) is 0 Å². The Labute approximate surface area is 153 Å². The first-order valence-electron chi connectivity index (χ1n) is 8.49. The Balaban J connectivity index is 2.14. The molecule has 3 N–H and O–H groups in total. The summed E-state index contributed by atoms with van der Waals surface area (Å²) >= 11 is 0. The number of carbonyl (C=O) groups is 3. The number of anilines is 2. The van der Waals surface area contributed by atoms with E-state index in [1.54, 1.807) is 48.5 Å². The summed E-state index contributed by atoms with van der Waals surface area (Å²) in [4.78, 5) is 35.9. The molecule has 2 aromatic carbocycles. The summed E-state index contributed by atoms with van der Waals surface area (Å²) in [6.45, 7) is 5.33. The molecule has 2 aromatic rings. The lowest BCUT2D eigenvalue weighted by atomic mass is 10.1. The number of para-hydroxylation sites is 1. The zero-order valence-corrected chi connectivity index (χ0v) is 15.1. The van der Waals surface area contributed by atoms with Gasteiger partial charge >= 0.3 is 0 Å². The van der Waals surface area contributed by atoms with E-state index in [0.717, 1.165) is 6.42 Å². The molecule has 0 saturated carbocycles. The van der Waals surface area contributed by atoms with E-state index in [0.29, 0.717) is 22.5 Å². The number of benzene rings is 2. The molecule has 6 nitrogen and oxygen atoms in total. The third kappa shape index (κ3) is 5.17. The monoisotopic (exact) mass is 353 g/mol. The van der Waals surface area contributed by atoms with E-state index in [9.17, 15) is 14.4 Å². The normalized spacial score (nSPS) is 11.3. The second kappa shape index (κ2) is 8.80. The van der Waals surface area contributed by atoms with E-state index in [4.69, 9.17) is 0 Å². The third-order valence-electron chi connectivity index (χ3n) is 3.88. The van der Waals surface area contributed by atoms with Gasteiger partial charge in [0.2, 0.25) is 5.91 Å². The summed E-state index contributed by atoms with van der Waals surface area (Å²) in [5, 5.41) is 8.31. The predicted octanol–water partition coefficient (Wildman–Crippen LogP) is 3.43. The fourth-order valence-electron chi connectivity index (χ4n) is 2.30. The van der Waals surface area contributed by atoms with E-state index < -0.39 is 0 Å². The van der Waals surface area contributed by atoms with E-state index in [1.807, 2.05) is 13.8 Å². The van der Waals surface area contributed by atoms with Crippen molar-refractivity contribution in [2.75, 3.05) is 10.6 Å². The van der Waals surface area contributed by atoms with Crippen LogP contribution in [0.25, 0.3) is 0 Å². The minimum absolute atomic E-state index is 0.0487. The molecule has 0 aliphatic rings. The smallest absolute Gasteiger partial charge is 0.255 e. The van der Waals surface area contributed by atoms with Crippen molar-refractivity contribution in [3.05, 3.63) is 59.7 Å². The second-order valence-electron chi connectivity index (χ2n) is 6.04. The highest BCUT2D eigenvalue weighted by Gasteiger charge is 2.15. The van der Waals surface area contributed by atoms with Crippen LogP contribution in [0.15, 0.2) is 48.5 Å².